The Kier molecular flexibility index (Phi) is 7.00. The van der Waals surface area contributed by atoms with Crippen LogP contribution in [0.3, 0.4) is 0 Å². The summed E-state index contributed by atoms with van der Waals surface area (Å²) in [6, 6.07) is 8.32. The monoisotopic (exact) mass is 433 g/mol. The maximum absolute atomic E-state index is 13.2. The van der Waals surface area contributed by atoms with Gasteiger partial charge >= 0.3 is 0 Å². The summed E-state index contributed by atoms with van der Waals surface area (Å²) in [4.78, 5) is 15.0. The standard InChI is InChI=1S/C22H31N3O4S/c1-16-10-11-18(30(27,28)25-12-6-5-8-17(25)2)14-19(16)22(26)23-15-20(24(3)4)21-9-7-13-29-21/h7,9-11,13-14,17,20H,5-6,8,12,15H2,1-4H3,(H,23,26). The van der Waals surface area contributed by atoms with Crippen molar-refractivity contribution in [1.29, 1.82) is 0 Å². The number of nitrogens with one attached hydrogen (secondary N) is 1. The molecule has 7 nitrogen and oxygen atoms in total. The maximum atomic E-state index is 13.2. The van der Waals surface area contributed by atoms with E-state index in [-0.39, 0.29) is 22.9 Å². The van der Waals surface area contributed by atoms with E-state index in [9.17, 15) is 13.2 Å². The smallest absolute Gasteiger partial charge is 0.251 e. The Morgan fingerprint density at radius 2 is 2.07 bits per heavy atom. The van der Waals surface area contributed by atoms with Gasteiger partial charge in [-0.3, -0.25) is 9.69 Å². The Labute approximate surface area is 179 Å². The van der Waals surface area contributed by atoms with Crippen LogP contribution in [0, 0.1) is 6.92 Å². The van der Waals surface area contributed by atoms with Crippen LogP contribution in [-0.2, 0) is 10.0 Å². The number of furan rings is 1. The summed E-state index contributed by atoms with van der Waals surface area (Å²) >= 11 is 0. The number of amides is 1. The molecule has 0 radical (unpaired) electrons. The second-order valence-corrected chi connectivity index (χ2v) is 10.0. The molecule has 1 aromatic heterocycles. The third-order valence-electron chi connectivity index (χ3n) is 5.75. The summed E-state index contributed by atoms with van der Waals surface area (Å²) < 4.78 is 33.4. The van der Waals surface area contributed by atoms with Gasteiger partial charge in [0.25, 0.3) is 5.91 Å². The second kappa shape index (κ2) is 9.32. The number of aryl methyl sites for hydroxylation is 1. The molecule has 1 N–H and O–H groups in total. The van der Waals surface area contributed by atoms with Crippen molar-refractivity contribution in [3.05, 3.63) is 53.5 Å². The SMILES string of the molecule is Cc1ccc(S(=O)(=O)N2CCCCC2C)cc1C(=O)NCC(c1ccco1)N(C)C. The second-order valence-electron chi connectivity index (χ2n) is 8.14. The number of hydrogen-bond acceptors (Lipinski definition) is 5. The number of likely N-dealkylation sites (N-methyl/N-ethyl adjacent to an activating group) is 1. The van der Waals surface area contributed by atoms with Crippen LogP contribution < -0.4 is 5.32 Å². The Morgan fingerprint density at radius 1 is 1.30 bits per heavy atom. The van der Waals surface area contributed by atoms with Crippen LogP contribution in [-0.4, -0.2) is 56.8 Å². The van der Waals surface area contributed by atoms with Gasteiger partial charge in [0.05, 0.1) is 17.2 Å². The Hall–Kier alpha value is -2.16. The number of nitrogens with zero attached hydrogens (tertiary/aromatic N) is 2. The van der Waals surface area contributed by atoms with Crippen molar-refractivity contribution < 1.29 is 17.6 Å². The van der Waals surface area contributed by atoms with E-state index < -0.39 is 10.0 Å². The number of benzene rings is 1. The number of carbonyl (C=O) groups excluding carboxylic acids is 1. The van der Waals surface area contributed by atoms with Gasteiger partial charge in [0, 0.05) is 24.7 Å². The molecule has 0 bridgehead atoms. The molecule has 1 aromatic carbocycles. The number of sulfonamides is 1. The maximum Gasteiger partial charge on any atom is 0.251 e. The summed E-state index contributed by atoms with van der Waals surface area (Å²) in [5, 5.41) is 2.93. The van der Waals surface area contributed by atoms with Crippen molar-refractivity contribution in [1.82, 2.24) is 14.5 Å². The zero-order chi connectivity index (χ0) is 21.9. The van der Waals surface area contributed by atoms with E-state index in [0.717, 1.165) is 30.6 Å². The van der Waals surface area contributed by atoms with E-state index in [1.165, 1.54) is 6.07 Å². The predicted molar refractivity (Wildman–Crippen MR) is 116 cm³/mol. The fourth-order valence-corrected chi connectivity index (χ4v) is 5.60. The highest BCUT2D eigenvalue weighted by atomic mass is 32.2. The molecular formula is C22H31N3O4S. The molecule has 2 heterocycles. The van der Waals surface area contributed by atoms with Crippen molar-refractivity contribution in [2.75, 3.05) is 27.2 Å². The van der Waals surface area contributed by atoms with E-state index in [2.05, 4.69) is 5.32 Å². The zero-order valence-corrected chi connectivity index (χ0v) is 18.9. The molecular weight excluding hydrogens is 402 g/mol. The molecule has 0 spiro atoms. The van der Waals surface area contributed by atoms with Crippen molar-refractivity contribution in [2.24, 2.45) is 0 Å². The third-order valence-corrected chi connectivity index (χ3v) is 7.76. The number of carbonyl (C=O) groups is 1. The molecule has 2 atom stereocenters. The molecule has 0 aliphatic carbocycles. The van der Waals surface area contributed by atoms with Crippen LogP contribution in [0.15, 0.2) is 45.9 Å². The van der Waals surface area contributed by atoms with E-state index in [0.29, 0.717) is 18.7 Å². The minimum absolute atomic E-state index is 0.0310. The van der Waals surface area contributed by atoms with Gasteiger partial charge in [0.1, 0.15) is 5.76 Å². The average molecular weight is 434 g/mol. The van der Waals surface area contributed by atoms with Gasteiger partial charge < -0.3 is 9.73 Å². The fourth-order valence-electron chi connectivity index (χ4n) is 3.87. The summed E-state index contributed by atoms with van der Waals surface area (Å²) in [5.41, 5.74) is 1.11. The van der Waals surface area contributed by atoms with Crippen LogP contribution in [0.1, 0.15) is 53.9 Å². The van der Waals surface area contributed by atoms with Crippen molar-refractivity contribution in [2.45, 2.75) is 50.1 Å². The van der Waals surface area contributed by atoms with Crippen molar-refractivity contribution in [3.63, 3.8) is 0 Å². The first-order valence-corrected chi connectivity index (χ1v) is 11.8. The lowest BCUT2D eigenvalue weighted by Gasteiger charge is -2.32. The van der Waals surface area contributed by atoms with Gasteiger partial charge in [-0.05, 0) is 70.6 Å². The predicted octanol–water partition coefficient (Wildman–Crippen LogP) is 3.18. The van der Waals surface area contributed by atoms with Gasteiger partial charge in [-0.25, -0.2) is 8.42 Å². The average Bonchev–Trinajstić information content (AvgIpc) is 3.22. The largest absolute Gasteiger partial charge is 0.468 e. The normalized spacial score (nSPS) is 19.0. The van der Waals surface area contributed by atoms with Gasteiger partial charge in [0.15, 0.2) is 0 Å². The highest BCUT2D eigenvalue weighted by Gasteiger charge is 2.31. The van der Waals surface area contributed by atoms with Gasteiger partial charge in [-0.15, -0.1) is 0 Å². The van der Waals surface area contributed by atoms with Crippen molar-refractivity contribution >= 4 is 15.9 Å². The summed E-state index contributed by atoms with van der Waals surface area (Å²) in [6.07, 6.45) is 4.36. The fraction of sp³-hybridized carbons (Fsp3) is 0.500. The molecule has 8 heteroatoms. The van der Waals surface area contributed by atoms with Gasteiger partial charge in [0.2, 0.25) is 10.0 Å². The molecule has 1 aliphatic heterocycles. The van der Waals surface area contributed by atoms with E-state index >= 15 is 0 Å². The zero-order valence-electron chi connectivity index (χ0n) is 18.1. The lowest BCUT2D eigenvalue weighted by Crippen LogP contribution is -2.42. The third kappa shape index (κ3) is 4.77. The minimum atomic E-state index is -3.63. The molecule has 164 valence electrons. The number of hydrogen-bond donors (Lipinski definition) is 1. The van der Waals surface area contributed by atoms with Gasteiger partial charge in [-0.1, -0.05) is 12.5 Å². The van der Waals surface area contributed by atoms with E-state index in [4.69, 9.17) is 4.42 Å². The molecule has 30 heavy (non-hydrogen) atoms. The Bertz CT molecular complexity index is 970. The summed E-state index contributed by atoms with van der Waals surface area (Å²) in [5.74, 6) is 0.460. The molecule has 1 saturated heterocycles. The summed E-state index contributed by atoms with van der Waals surface area (Å²) in [6.45, 7) is 4.62. The lowest BCUT2D eigenvalue weighted by molar-refractivity contribution is 0.0938. The first-order valence-electron chi connectivity index (χ1n) is 10.3. The first kappa shape index (κ1) is 22.5. The van der Waals surface area contributed by atoms with Crippen LogP contribution in [0.25, 0.3) is 0 Å². The molecule has 1 fully saturated rings. The number of piperidine rings is 1. The van der Waals surface area contributed by atoms with Crippen LogP contribution in [0.2, 0.25) is 0 Å². The topological polar surface area (TPSA) is 82.9 Å². The number of rotatable bonds is 7. The Morgan fingerprint density at radius 3 is 2.70 bits per heavy atom. The molecule has 2 aromatic rings. The molecule has 3 rings (SSSR count). The molecule has 0 saturated carbocycles. The highest BCUT2D eigenvalue weighted by molar-refractivity contribution is 7.89. The molecule has 2 unspecified atom stereocenters. The van der Waals surface area contributed by atoms with Gasteiger partial charge in [-0.2, -0.15) is 4.31 Å². The molecule has 1 aliphatic rings. The quantitative estimate of drug-likeness (QED) is 0.725. The minimum Gasteiger partial charge on any atom is -0.468 e. The first-order chi connectivity index (χ1) is 14.2. The van der Waals surface area contributed by atoms with Crippen LogP contribution in [0.5, 0.6) is 0 Å². The van der Waals surface area contributed by atoms with E-state index in [1.54, 1.807) is 22.7 Å². The molecule has 1 amide bonds. The summed E-state index contributed by atoms with van der Waals surface area (Å²) in [7, 11) is 0.194. The van der Waals surface area contributed by atoms with E-state index in [1.807, 2.05) is 45.0 Å². The highest BCUT2D eigenvalue weighted by Crippen LogP contribution is 2.26. The lowest BCUT2D eigenvalue weighted by atomic mass is 10.1. The van der Waals surface area contributed by atoms with Crippen molar-refractivity contribution in [3.8, 4) is 0 Å². The van der Waals surface area contributed by atoms with Crippen LogP contribution >= 0.6 is 0 Å². The Balaban J connectivity index is 1.80. The van der Waals surface area contributed by atoms with Crippen LogP contribution in [0.4, 0.5) is 0 Å².